The molecule has 0 atom stereocenters. The van der Waals surface area contributed by atoms with Crippen LogP contribution in [0.1, 0.15) is 4.88 Å². The molecule has 0 aliphatic rings. The third-order valence-corrected chi connectivity index (χ3v) is 3.94. The molecule has 0 bridgehead atoms. The van der Waals surface area contributed by atoms with Crippen molar-refractivity contribution in [2.75, 3.05) is 5.73 Å². The van der Waals surface area contributed by atoms with Crippen LogP contribution in [-0.2, 0) is 5.75 Å². The van der Waals surface area contributed by atoms with E-state index >= 15 is 0 Å². The standard InChI is InChI=1S/C10H8F2N2S2/c11-6-1-2-9(8(12)3-6)15-5-7-4-14-10(13)16-7/h1-4H,5H2,(H2,13,14). The Hall–Kier alpha value is -1.14. The monoisotopic (exact) mass is 258 g/mol. The van der Waals surface area contributed by atoms with Gasteiger partial charge in [0.05, 0.1) is 0 Å². The molecule has 0 aliphatic carbocycles. The van der Waals surface area contributed by atoms with Gasteiger partial charge in [-0.1, -0.05) is 0 Å². The fourth-order valence-corrected chi connectivity index (χ4v) is 2.76. The largest absolute Gasteiger partial charge is 0.375 e. The third-order valence-electron chi connectivity index (χ3n) is 1.84. The Morgan fingerprint density at radius 2 is 2.19 bits per heavy atom. The van der Waals surface area contributed by atoms with Gasteiger partial charge in [-0.15, -0.1) is 23.1 Å². The van der Waals surface area contributed by atoms with Gasteiger partial charge in [-0.3, -0.25) is 0 Å². The predicted octanol–water partition coefficient (Wildman–Crippen LogP) is 3.30. The van der Waals surface area contributed by atoms with Gasteiger partial charge in [-0.25, -0.2) is 13.8 Å². The Labute approximate surface area is 99.5 Å². The number of aromatic nitrogens is 1. The first kappa shape index (κ1) is 11.3. The molecule has 84 valence electrons. The van der Waals surface area contributed by atoms with Gasteiger partial charge in [0.1, 0.15) is 11.6 Å². The molecule has 0 radical (unpaired) electrons. The van der Waals surface area contributed by atoms with Crippen LogP contribution in [0.15, 0.2) is 29.3 Å². The van der Waals surface area contributed by atoms with Crippen molar-refractivity contribution in [3.8, 4) is 0 Å². The van der Waals surface area contributed by atoms with E-state index in [2.05, 4.69) is 4.98 Å². The summed E-state index contributed by atoms with van der Waals surface area (Å²) in [5.74, 6) is -0.524. The van der Waals surface area contributed by atoms with Crippen LogP contribution in [0.3, 0.4) is 0 Å². The molecule has 6 heteroatoms. The fourth-order valence-electron chi connectivity index (χ4n) is 1.13. The molecule has 0 aliphatic heterocycles. The lowest BCUT2D eigenvalue weighted by Crippen LogP contribution is -1.84. The van der Waals surface area contributed by atoms with Crippen LogP contribution < -0.4 is 5.73 Å². The van der Waals surface area contributed by atoms with E-state index in [0.717, 1.165) is 10.9 Å². The van der Waals surface area contributed by atoms with Gasteiger partial charge in [0, 0.05) is 27.8 Å². The summed E-state index contributed by atoms with van der Waals surface area (Å²) in [4.78, 5) is 5.28. The third kappa shape index (κ3) is 2.70. The van der Waals surface area contributed by atoms with E-state index in [4.69, 9.17) is 5.73 Å². The zero-order valence-electron chi connectivity index (χ0n) is 8.11. The SMILES string of the molecule is Nc1ncc(CSc2ccc(F)cc2F)s1. The minimum absolute atomic E-state index is 0.424. The van der Waals surface area contributed by atoms with E-state index in [9.17, 15) is 8.78 Å². The average Bonchev–Trinajstić information content (AvgIpc) is 2.63. The number of thiazole rings is 1. The Kier molecular flexibility index (Phi) is 3.40. The highest BCUT2D eigenvalue weighted by molar-refractivity contribution is 7.98. The van der Waals surface area contributed by atoms with Crippen LogP contribution in [-0.4, -0.2) is 4.98 Å². The van der Waals surface area contributed by atoms with Gasteiger partial charge >= 0.3 is 0 Å². The Balaban J connectivity index is 2.04. The average molecular weight is 258 g/mol. The number of hydrogen-bond donors (Lipinski definition) is 1. The van der Waals surface area contributed by atoms with E-state index in [0.29, 0.717) is 15.8 Å². The predicted molar refractivity (Wildman–Crippen MR) is 62.4 cm³/mol. The molecule has 2 nitrogen and oxygen atoms in total. The van der Waals surface area contributed by atoms with Gasteiger partial charge in [-0.2, -0.15) is 0 Å². The van der Waals surface area contributed by atoms with Crippen molar-refractivity contribution in [2.24, 2.45) is 0 Å². The van der Waals surface area contributed by atoms with Crippen LogP contribution in [0.2, 0.25) is 0 Å². The number of nitrogen functional groups attached to an aromatic ring is 1. The van der Waals surface area contributed by atoms with E-state index in [-0.39, 0.29) is 0 Å². The lowest BCUT2D eigenvalue weighted by Gasteiger charge is -2.01. The van der Waals surface area contributed by atoms with Gasteiger partial charge < -0.3 is 5.73 Å². The quantitative estimate of drug-likeness (QED) is 0.858. The van der Waals surface area contributed by atoms with E-state index in [1.165, 1.54) is 35.2 Å². The number of anilines is 1. The molecule has 2 aromatic rings. The number of halogens is 2. The Morgan fingerprint density at radius 1 is 1.38 bits per heavy atom. The highest BCUT2D eigenvalue weighted by Gasteiger charge is 2.06. The van der Waals surface area contributed by atoms with E-state index in [1.54, 1.807) is 6.20 Å². The zero-order valence-corrected chi connectivity index (χ0v) is 9.75. The minimum Gasteiger partial charge on any atom is -0.375 e. The van der Waals surface area contributed by atoms with Crippen molar-refractivity contribution < 1.29 is 8.78 Å². The fraction of sp³-hybridized carbons (Fsp3) is 0.100. The van der Waals surface area contributed by atoms with Crippen molar-refractivity contribution in [2.45, 2.75) is 10.6 Å². The number of thioether (sulfide) groups is 1. The first-order valence-electron chi connectivity index (χ1n) is 4.43. The molecule has 16 heavy (non-hydrogen) atoms. The van der Waals surface area contributed by atoms with E-state index in [1.807, 2.05) is 0 Å². The molecule has 0 spiro atoms. The summed E-state index contributed by atoms with van der Waals surface area (Å²) < 4.78 is 25.9. The summed E-state index contributed by atoms with van der Waals surface area (Å²) in [6.07, 6.45) is 1.66. The molecule has 1 aromatic heterocycles. The van der Waals surface area contributed by atoms with E-state index < -0.39 is 11.6 Å². The second-order valence-electron chi connectivity index (χ2n) is 3.03. The summed E-state index contributed by atoms with van der Waals surface area (Å²) in [6, 6.07) is 3.55. The molecule has 0 saturated carbocycles. The number of hydrogen-bond acceptors (Lipinski definition) is 4. The van der Waals surface area contributed by atoms with Gasteiger partial charge in [-0.05, 0) is 12.1 Å². The highest BCUT2D eigenvalue weighted by Crippen LogP contribution is 2.28. The van der Waals surface area contributed by atoms with Gasteiger partial charge in [0.2, 0.25) is 0 Å². The maximum atomic E-state index is 13.3. The lowest BCUT2D eigenvalue weighted by molar-refractivity contribution is 0.565. The molecular formula is C10H8F2N2S2. The van der Waals surface area contributed by atoms with Crippen molar-refractivity contribution in [1.29, 1.82) is 0 Å². The number of nitrogens with two attached hydrogens (primary N) is 1. The highest BCUT2D eigenvalue weighted by atomic mass is 32.2. The Bertz CT molecular complexity index is 499. The van der Waals surface area contributed by atoms with Crippen LogP contribution in [0.25, 0.3) is 0 Å². The molecule has 0 fully saturated rings. The van der Waals surface area contributed by atoms with Crippen molar-refractivity contribution in [1.82, 2.24) is 4.98 Å². The molecule has 1 aromatic carbocycles. The van der Waals surface area contributed by atoms with Crippen LogP contribution in [0.4, 0.5) is 13.9 Å². The van der Waals surface area contributed by atoms with Crippen LogP contribution in [0.5, 0.6) is 0 Å². The zero-order chi connectivity index (χ0) is 11.5. The molecule has 2 rings (SSSR count). The van der Waals surface area contributed by atoms with Crippen LogP contribution >= 0.6 is 23.1 Å². The van der Waals surface area contributed by atoms with Gasteiger partial charge in [0.15, 0.2) is 5.13 Å². The summed E-state index contributed by atoms with van der Waals surface area (Å²) >= 11 is 2.66. The molecule has 0 saturated heterocycles. The van der Waals surface area contributed by atoms with Crippen LogP contribution in [0, 0.1) is 11.6 Å². The van der Waals surface area contributed by atoms with Gasteiger partial charge in [0.25, 0.3) is 0 Å². The summed E-state index contributed by atoms with van der Waals surface area (Å²) in [6.45, 7) is 0. The minimum atomic E-state index is -0.566. The lowest BCUT2D eigenvalue weighted by atomic mass is 10.3. The number of rotatable bonds is 3. The second-order valence-corrected chi connectivity index (χ2v) is 5.19. The Morgan fingerprint density at radius 3 is 2.81 bits per heavy atom. The molecule has 0 unspecified atom stereocenters. The molecular weight excluding hydrogens is 250 g/mol. The summed E-state index contributed by atoms with van der Waals surface area (Å²) in [5, 5.41) is 0.496. The van der Waals surface area contributed by atoms with Crippen molar-refractivity contribution in [3.63, 3.8) is 0 Å². The molecule has 0 amide bonds. The first-order valence-corrected chi connectivity index (χ1v) is 6.23. The van der Waals surface area contributed by atoms with Crippen molar-refractivity contribution in [3.05, 3.63) is 40.9 Å². The normalized spacial score (nSPS) is 10.6. The number of benzene rings is 1. The topological polar surface area (TPSA) is 38.9 Å². The first-order chi connectivity index (χ1) is 7.65. The summed E-state index contributed by atoms with van der Waals surface area (Å²) in [7, 11) is 0. The smallest absolute Gasteiger partial charge is 0.180 e. The maximum absolute atomic E-state index is 13.3. The second kappa shape index (κ2) is 4.80. The number of nitrogens with zero attached hydrogens (tertiary/aromatic N) is 1. The summed E-state index contributed by atoms with van der Waals surface area (Å²) in [5.41, 5.74) is 5.47. The van der Waals surface area contributed by atoms with Crippen molar-refractivity contribution >= 4 is 28.2 Å². The molecule has 2 N–H and O–H groups in total. The maximum Gasteiger partial charge on any atom is 0.180 e. The molecule has 1 heterocycles.